The summed E-state index contributed by atoms with van der Waals surface area (Å²) in [5, 5.41) is 0. The van der Waals surface area contributed by atoms with Gasteiger partial charge in [-0.3, -0.25) is 4.79 Å². The van der Waals surface area contributed by atoms with Gasteiger partial charge in [0.1, 0.15) is 0 Å². The molecule has 0 unspecified atom stereocenters. The molecule has 0 spiro atoms. The zero-order valence-electron chi connectivity index (χ0n) is 9.21. The van der Waals surface area contributed by atoms with Gasteiger partial charge in [0.05, 0.1) is 14.2 Å². The van der Waals surface area contributed by atoms with Crippen molar-refractivity contribution in [1.29, 1.82) is 0 Å². The molecule has 0 saturated heterocycles. The van der Waals surface area contributed by atoms with Crippen LogP contribution >= 0.6 is 0 Å². The summed E-state index contributed by atoms with van der Waals surface area (Å²) >= 11 is 0. The van der Waals surface area contributed by atoms with E-state index in [1.807, 2.05) is 0 Å². The van der Waals surface area contributed by atoms with Gasteiger partial charge in [0.2, 0.25) is 5.78 Å². The number of halogens is 2. The van der Waals surface area contributed by atoms with Gasteiger partial charge >= 0.3 is 5.92 Å². The average Bonchev–Trinajstić information content (AvgIpc) is 2.25. The van der Waals surface area contributed by atoms with Crippen LogP contribution in [0.25, 0.3) is 0 Å². The summed E-state index contributed by atoms with van der Waals surface area (Å²) in [5.74, 6) is -4.00. The molecule has 0 fully saturated rings. The topological polar surface area (TPSA) is 35.5 Å². The molecule has 0 aliphatic heterocycles. The summed E-state index contributed by atoms with van der Waals surface area (Å²) in [6.07, 6.45) is 0. The molecule has 0 N–H and O–H groups in total. The third-order valence-corrected chi connectivity index (χ3v) is 2.04. The van der Waals surface area contributed by atoms with Crippen molar-refractivity contribution in [3.05, 3.63) is 23.8 Å². The molecule has 16 heavy (non-hydrogen) atoms. The fourth-order valence-electron chi connectivity index (χ4n) is 1.23. The third-order valence-electron chi connectivity index (χ3n) is 2.04. The van der Waals surface area contributed by atoms with E-state index in [9.17, 15) is 13.6 Å². The minimum atomic E-state index is -3.39. The van der Waals surface area contributed by atoms with E-state index < -0.39 is 11.7 Å². The summed E-state index contributed by atoms with van der Waals surface area (Å²) in [6, 6.07) is 3.93. The Hall–Kier alpha value is -1.65. The second-order valence-corrected chi connectivity index (χ2v) is 3.29. The number of methoxy groups -OCH3 is 2. The molecule has 1 aromatic rings. The Labute approximate surface area is 92.0 Å². The second-order valence-electron chi connectivity index (χ2n) is 3.29. The molecular weight excluding hydrogens is 218 g/mol. The molecule has 0 heterocycles. The van der Waals surface area contributed by atoms with E-state index in [-0.39, 0.29) is 11.3 Å². The van der Waals surface area contributed by atoms with E-state index in [4.69, 9.17) is 9.47 Å². The van der Waals surface area contributed by atoms with Crippen molar-refractivity contribution in [1.82, 2.24) is 0 Å². The molecule has 0 bridgehead atoms. The Kier molecular flexibility index (Phi) is 3.47. The minimum absolute atomic E-state index is 0.106. The van der Waals surface area contributed by atoms with Crippen molar-refractivity contribution in [2.24, 2.45) is 0 Å². The Bertz CT molecular complexity index is 397. The van der Waals surface area contributed by atoms with E-state index in [0.717, 1.165) is 0 Å². The largest absolute Gasteiger partial charge is 0.493 e. The van der Waals surface area contributed by atoms with Crippen molar-refractivity contribution >= 4 is 5.78 Å². The van der Waals surface area contributed by atoms with Gasteiger partial charge in [-0.25, -0.2) is 0 Å². The molecule has 0 saturated carbocycles. The molecule has 5 heteroatoms. The number of hydrogen-bond donors (Lipinski definition) is 0. The SMILES string of the molecule is COc1ccc(C(=O)C(C)(F)F)cc1OC. The lowest BCUT2D eigenvalue weighted by Crippen LogP contribution is -2.24. The van der Waals surface area contributed by atoms with Gasteiger partial charge in [-0.05, 0) is 18.2 Å². The van der Waals surface area contributed by atoms with Crippen LogP contribution in [0.2, 0.25) is 0 Å². The van der Waals surface area contributed by atoms with Crippen LogP contribution in [-0.4, -0.2) is 25.9 Å². The van der Waals surface area contributed by atoms with Crippen LogP contribution in [0.3, 0.4) is 0 Å². The molecule has 0 amide bonds. The number of carbonyl (C=O) groups excluding carboxylic acids is 1. The van der Waals surface area contributed by atoms with E-state index in [1.54, 1.807) is 0 Å². The molecule has 88 valence electrons. The lowest BCUT2D eigenvalue weighted by molar-refractivity contribution is 0.0221. The zero-order valence-corrected chi connectivity index (χ0v) is 9.21. The first-order chi connectivity index (χ1) is 7.40. The summed E-state index contributed by atoms with van der Waals surface area (Å²) < 4.78 is 35.4. The standard InChI is InChI=1S/C11H12F2O3/c1-11(12,13)10(14)7-4-5-8(15-2)9(6-7)16-3/h4-6H,1-3H3. The quantitative estimate of drug-likeness (QED) is 0.745. The van der Waals surface area contributed by atoms with Crippen molar-refractivity contribution in [2.45, 2.75) is 12.8 Å². The van der Waals surface area contributed by atoms with Gasteiger partial charge in [-0.15, -0.1) is 0 Å². The van der Waals surface area contributed by atoms with Gasteiger partial charge < -0.3 is 9.47 Å². The van der Waals surface area contributed by atoms with Crippen LogP contribution in [0.5, 0.6) is 11.5 Å². The highest BCUT2D eigenvalue weighted by atomic mass is 19.3. The number of ether oxygens (including phenoxy) is 2. The van der Waals surface area contributed by atoms with Crippen molar-refractivity contribution in [2.75, 3.05) is 14.2 Å². The minimum Gasteiger partial charge on any atom is -0.493 e. The van der Waals surface area contributed by atoms with Crippen molar-refractivity contribution in [3.63, 3.8) is 0 Å². The highest BCUT2D eigenvalue weighted by Gasteiger charge is 2.33. The van der Waals surface area contributed by atoms with E-state index >= 15 is 0 Å². The molecule has 0 radical (unpaired) electrons. The Morgan fingerprint density at radius 2 is 1.75 bits per heavy atom. The maximum Gasteiger partial charge on any atom is 0.307 e. The van der Waals surface area contributed by atoms with Crippen molar-refractivity contribution < 1.29 is 23.0 Å². The lowest BCUT2D eigenvalue weighted by atomic mass is 10.1. The summed E-state index contributed by atoms with van der Waals surface area (Å²) in [5.41, 5.74) is -0.106. The number of alkyl halides is 2. The maximum atomic E-state index is 12.8. The highest BCUT2D eigenvalue weighted by Crippen LogP contribution is 2.29. The Morgan fingerprint density at radius 3 is 2.19 bits per heavy atom. The Balaban J connectivity index is 3.13. The first-order valence-corrected chi connectivity index (χ1v) is 4.54. The van der Waals surface area contributed by atoms with Gasteiger partial charge in [-0.2, -0.15) is 8.78 Å². The molecule has 1 aromatic carbocycles. The maximum absolute atomic E-state index is 12.8. The first-order valence-electron chi connectivity index (χ1n) is 4.54. The summed E-state index contributed by atoms with van der Waals surface area (Å²) in [7, 11) is 2.80. The summed E-state index contributed by atoms with van der Waals surface area (Å²) in [4.78, 5) is 11.3. The van der Waals surface area contributed by atoms with Crippen LogP contribution in [0.15, 0.2) is 18.2 Å². The third kappa shape index (κ3) is 2.48. The molecule has 1 rings (SSSR count). The zero-order chi connectivity index (χ0) is 12.3. The highest BCUT2D eigenvalue weighted by molar-refractivity contribution is 6.01. The van der Waals surface area contributed by atoms with Gasteiger partial charge in [0, 0.05) is 12.5 Å². The molecular formula is C11H12F2O3. The van der Waals surface area contributed by atoms with Crippen molar-refractivity contribution in [3.8, 4) is 11.5 Å². The number of hydrogen-bond acceptors (Lipinski definition) is 3. The normalized spacial score (nSPS) is 11.1. The van der Waals surface area contributed by atoms with Crippen LogP contribution in [0.4, 0.5) is 8.78 Å². The molecule has 3 nitrogen and oxygen atoms in total. The average molecular weight is 230 g/mol. The number of carbonyl (C=O) groups is 1. The van der Waals surface area contributed by atoms with E-state index in [1.165, 1.54) is 32.4 Å². The number of benzene rings is 1. The Morgan fingerprint density at radius 1 is 1.19 bits per heavy atom. The smallest absolute Gasteiger partial charge is 0.307 e. The molecule has 0 aliphatic carbocycles. The lowest BCUT2D eigenvalue weighted by Gasteiger charge is -2.11. The second kappa shape index (κ2) is 4.47. The fraction of sp³-hybridized carbons (Fsp3) is 0.364. The fourth-order valence-corrected chi connectivity index (χ4v) is 1.23. The molecule has 0 atom stereocenters. The van der Waals surface area contributed by atoms with Crippen LogP contribution in [0.1, 0.15) is 17.3 Å². The van der Waals surface area contributed by atoms with E-state index in [2.05, 4.69) is 0 Å². The van der Waals surface area contributed by atoms with Crippen LogP contribution in [-0.2, 0) is 0 Å². The number of Topliss-reactive ketones (excluding diaryl/α,β-unsaturated/α-hetero) is 1. The van der Waals surface area contributed by atoms with Gasteiger partial charge in [0.15, 0.2) is 11.5 Å². The van der Waals surface area contributed by atoms with E-state index in [0.29, 0.717) is 12.7 Å². The monoisotopic (exact) mass is 230 g/mol. The van der Waals surface area contributed by atoms with Crippen LogP contribution in [0, 0.1) is 0 Å². The van der Waals surface area contributed by atoms with Gasteiger partial charge in [-0.1, -0.05) is 0 Å². The molecule has 0 aromatic heterocycles. The number of rotatable bonds is 4. The molecule has 0 aliphatic rings. The predicted molar refractivity (Wildman–Crippen MR) is 54.5 cm³/mol. The first kappa shape index (κ1) is 12.4. The van der Waals surface area contributed by atoms with Crippen LogP contribution < -0.4 is 9.47 Å². The van der Waals surface area contributed by atoms with Gasteiger partial charge in [0.25, 0.3) is 0 Å². The number of ketones is 1. The predicted octanol–water partition coefficient (Wildman–Crippen LogP) is 2.54. The summed E-state index contributed by atoms with van der Waals surface area (Å²) in [6.45, 7) is 0.562.